The van der Waals surface area contributed by atoms with Crippen molar-refractivity contribution in [2.75, 3.05) is 9.80 Å². The average Bonchev–Trinajstić information content (AvgIpc) is 3.92. The zero-order valence-corrected chi connectivity index (χ0v) is 36.3. The van der Waals surface area contributed by atoms with Crippen LogP contribution in [-0.4, -0.2) is 0 Å². The number of fused-ring (bicyclic) bond motifs is 11. The van der Waals surface area contributed by atoms with Gasteiger partial charge in [0.15, 0.2) is 11.2 Å². The first-order valence-electron chi connectivity index (χ1n) is 22.4. The largest absolute Gasteiger partial charge is 0.454 e. The van der Waals surface area contributed by atoms with Crippen molar-refractivity contribution in [1.82, 2.24) is 0 Å². The van der Waals surface area contributed by atoms with Crippen molar-refractivity contribution in [2.24, 2.45) is 0 Å². The standard InChI is InChI=1S/C60H46N2O2/c1-37(2)39-27-31-41(32-28-39)61(53-23-13-21-49-47-19-9-11-25-57(47)63-59(49)53)55-35-51-44-16-6-8-18-46(44)56(36-52(51)43-15-5-7-17-45(43)55)62(42-33-29-40(30-34-42)38(3)4)54-24-14-22-50-48-20-10-12-26-58(48)64-60(50)54/h5-38H,1-4H3. The molecule has 12 aromatic rings. The topological polar surface area (TPSA) is 32.8 Å². The van der Waals surface area contributed by atoms with Crippen molar-refractivity contribution in [3.05, 3.63) is 205 Å². The lowest BCUT2D eigenvalue weighted by molar-refractivity contribution is 0.669. The summed E-state index contributed by atoms with van der Waals surface area (Å²) < 4.78 is 13.6. The van der Waals surface area contributed by atoms with E-state index in [0.717, 1.165) is 88.8 Å². The lowest BCUT2D eigenvalue weighted by Gasteiger charge is -2.30. The third-order valence-electron chi connectivity index (χ3n) is 13.2. The number of rotatable bonds is 8. The molecule has 0 aliphatic heterocycles. The first kappa shape index (κ1) is 37.9. The predicted octanol–water partition coefficient (Wildman–Crippen LogP) is 18.1. The van der Waals surface area contributed by atoms with E-state index in [2.05, 4.69) is 219 Å². The SMILES string of the molecule is CC(C)c1ccc(N(c2cc3c4ccccc4c(N(c4ccc(C(C)C)cc4)c4cccc5c4oc4ccccc45)cc3c3ccccc23)c2cccc3c2oc2ccccc23)cc1. The second kappa shape index (κ2) is 14.9. The Morgan fingerprint density at radius 3 is 1.03 bits per heavy atom. The van der Waals surface area contributed by atoms with Crippen LogP contribution in [0.5, 0.6) is 0 Å². The molecule has 0 radical (unpaired) electrons. The number of hydrogen-bond acceptors (Lipinski definition) is 4. The normalized spacial score (nSPS) is 12.0. The van der Waals surface area contributed by atoms with Crippen LogP contribution in [0.25, 0.3) is 76.2 Å². The molecule has 2 aromatic heterocycles. The number of benzene rings is 10. The lowest BCUT2D eigenvalue weighted by atomic mass is 9.93. The molecule has 0 bridgehead atoms. The van der Waals surface area contributed by atoms with Crippen LogP contribution in [0.15, 0.2) is 203 Å². The smallest absolute Gasteiger partial charge is 0.159 e. The molecule has 0 atom stereocenters. The molecule has 10 aromatic carbocycles. The van der Waals surface area contributed by atoms with Gasteiger partial charge in [-0.1, -0.05) is 161 Å². The van der Waals surface area contributed by atoms with E-state index in [1.54, 1.807) is 0 Å². The van der Waals surface area contributed by atoms with Crippen molar-refractivity contribution in [1.29, 1.82) is 0 Å². The van der Waals surface area contributed by atoms with Crippen molar-refractivity contribution >= 4 is 110 Å². The maximum atomic E-state index is 6.78. The Balaban J connectivity index is 1.16. The Kier molecular flexibility index (Phi) is 8.84. The van der Waals surface area contributed by atoms with Crippen LogP contribution < -0.4 is 9.80 Å². The van der Waals surface area contributed by atoms with Crippen LogP contribution in [-0.2, 0) is 0 Å². The summed E-state index contributed by atoms with van der Waals surface area (Å²) >= 11 is 0. The third kappa shape index (κ3) is 5.97. The predicted molar refractivity (Wildman–Crippen MR) is 271 cm³/mol. The first-order valence-corrected chi connectivity index (χ1v) is 22.4. The van der Waals surface area contributed by atoms with Gasteiger partial charge in [-0.15, -0.1) is 0 Å². The van der Waals surface area contributed by atoms with E-state index >= 15 is 0 Å². The van der Waals surface area contributed by atoms with Gasteiger partial charge >= 0.3 is 0 Å². The molecular formula is C60H46N2O2. The monoisotopic (exact) mass is 826 g/mol. The number of anilines is 6. The summed E-state index contributed by atoms with van der Waals surface area (Å²) in [5.41, 5.74) is 12.4. The molecule has 0 N–H and O–H groups in total. The molecule has 0 amide bonds. The van der Waals surface area contributed by atoms with Crippen LogP contribution in [0, 0.1) is 0 Å². The van der Waals surface area contributed by atoms with Crippen molar-refractivity contribution in [3.8, 4) is 0 Å². The van der Waals surface area contributed by atoms with Gasteiger partial charge in [0.25, 0.3) is 0 Å². The highest BCUT2D eigenvalue weighted by Crippen LogP contribution is 2.50. The average molecular weight is 827 g/mol. The highest BCUT2D eigenvalue weighted by atomic mass is 16.3. The highest BCUT2D eigenvalue weighted by molar-refractivity contribution is 6.25. The molecule has 308 valence electrons. The Hall–Kier alpha value is -7.82. The molecule has 0 aliphatic carbocycles. The van der Waals surface area contributed by atoms with Crippen LogP contribution in [0.1, 0.15) is 50.7 Å². The van der Waals surface area contributed by atoms with E-state index in [0.29, 0.717) is 11.8 Å². The van der Waals surface area contributed by atoms with Crippen LogP contribution in [0.4, 0.5) is 34.1 Å². The maximum absolute atomic E-state index is 6.78. The van der Waals surface area contributed by atoms with Gasteiger partial charge in [0.05, 0.1) is 22.7 Å². The van der Waals surface area contributed by atoms with Gasteiger partial charge in [-0.05, 0) is 105 Å². The zero-order valence-electron chi connectivity index (χ0n) is 36.3. The van der Waals surface area contributed by atoms with Gasteiger partial charge in [0.1, 0.15) is 11.2 Å². The molecule has 0 spiro atoms. The summed E-state index contributed by atoms with van der Waals surface area (Å²) in [6, 6.07) is 70.4. The highest BCUT2D eigenvalue weighted by Gasteiger charge is 2.26. The minimum Gasteiger partial charge on any atom is -0.454 e. The van der Waals surface area contributed by atoms with Gasteiger partial charge in [-0.25, -0.2) is 0 Å². The van der Waals surface area contributed by atoms with E-state index < -0.39 is 0 Å². The fourth-order valence-electron chi connectivity index (χ4n) is 9.93. The summed E-state index contributed by atoms with van der Waals surface area (Å²) in [5.74, 6) is 0.824. The van der Waals surface area contributed by atoms with Crippen LogP contribution in [0.3, 0.4) is 0 Å². The minimum absolute atomic E-state index is 0.412. The molecule has 0 saturated carbocycles. The Bertz CT molecular complexity index is 3490. The van der Waals surface area contributed by atoms with Crippen molar-refractivity contribution < 1.29 is 8.83 Å². The summed E-state index contributed by atoms with van der Waals surface area (Å²) in [4.78, 5) is 4.81. The maximum Gasteiger partial charge on any atom is 0.159 e. The van der Waals surface area contributed by atoms with E-state index in [9.17, 15) is 0 Å². The second-order valence-electron chi connectivity index (χ2n) is 17.6. The van der Waals surface area contributed by atoms with E-state index in [1.165, 1.54) is 32.7 Å². The fraction of sp³-hybridized carbons (Fsp3) is 0.100. The molecule has 64 heavy (non-hydrogen) atoms. The van der Waals surface area contributed by atoms with Gasteiger partial charge < -0.3 is 18.6 Å². The van der Waals surface area contributed by atoms with Gasteiger partial charge in [-0.2, -0.15) is 0 Å². The number of nitrogens with zero attached hydrogens (tertiary/aromatic N) is 2. The van der Waals surface area contributed by atoms with Gasteiger partial charge in [0, 0.05) is 43.7 Å². The van der Waals surface area contributed by atoms with E-state index in [-0.39, 0.29) is 0 Å². The molecular weight excluding hydrogens is 781 g/mol. The Morgan fingerprint density at radius 1 is 0.297 bits per heavy atom. The fourth-order valence-corrected chi connectivity index (χ4v) is 9.93. The summed E-state index contributed by atoms with van der Waals surface area (Å²) in [5, 5.41) is 11.4. The van der Waals surface area contributed by atoms with Crippen LogP contribution in [0.2, 0.25) is 0 Å². The molecule has 0 fully saturated rings. The molecule has 4 heteroatoms. The third-order valence-corrected chi connectivity index (χ3v) is 13.2. The molecule has 2 heterocycles. The second-order valence-corrected chi connectivity index (χ2v) is 17.6. The van der Waals surface area contributed by atoms with Crippen LogP contribution >= 0.6 is 0 Å². The Morgan fingerprint density at radius 2 is 0.641 bits per heavy atom. The zero-order chi connectivity index (χ0) is 43.1. The number of para-hydroxylation sites is 4. The molecule has 0 saturated heterocycles. The summed E-state index contributed by atoms with van der Waals surface area (Å²) in [7, 11) is 0. The first-order chi connectivity index (χ1) is 31.4. The molecule has 12 rings (SSSR count). The van der Waals surface area contributed by atoms with Gasteiger partial charge in [0.2, 0.25) is 0 Å². The van der Waals surface area contributed by atoms with E-state index in [4.69, 9.17) is 8.83 Å². The van der Waals surface area contributed by atoms with Crippen molar-refractivity contribution in [2.45, 2.75) is 39.5 Å². The number of hydrogen-bond donors (Lipinski definition) is 0. The quantitative estimate of drug-likeness (QED) is 0.143. The summed E-state index contributed by atoms with van der Waals surface area (Å²) in [6.07, 6.45) is 0. The summed E-state index contributed by atoms with van der Waals surface area (Å²) in [6.45, 7) is 8.99. The van der Waals surface area contributed by atoms with Gasteiger partial charge in [-0.3, -0.25) is 0 Å². The van der Waals surface area contributed by atoms with Crippen molar-refractivity contribution in [3.63, 3.8) is 0 Å². The Labute approximate surface area is 372 Å². The van der Waals surface area contributed by atoms with E-state index in [1.807, 2.05) is 12.1 Å². The molecule has 0 unspecified atom stereocenters. The molecule has 4 nitrogen and oxygen atoms in total. The minimum atomic E-state index is 0.412. The molecule has 0 aliphatic rings. The lowest BCUT2D eigenvalue weighted by Crippen LogP contribution is -2.12. The number of furan rings is 2.